The van der Waals surface area contributed by atoms with Gasteiger partial charge < -0.3 is 10.0 Å². The zero-order chi connectivity index (χ0) is 16.4. The number of aromatic nitrogens is 2. The summed E-state index contributed by atoms with van der Waals surface area (Å²) in [5.41, 5.74) is 1.64. The molecule has 2 aromatic rings. The molecule has 1 saturated heterocycles. The highest BCUT2D eigenvalue weighted by molar-refractivity contribution is 7.10. The van der Waals surface area contributed by atoms with Gasteiger partial charge in [-0.3, -0.25) is 14.3 Å². The molecular formula is C16H19N3O3S. The number of thiophene rings is 1. The van der Waals surface area contributed by atoms with Gasteiger partial charge in [-0.2, -0.15) is 5.10 Å². The third-order valence-electron chi connectivity index (χ3n) is 4.14. The summed E-state index contributed by atoms with van der Waals surface area (Å²) in [6, 6.07) is 3.78. The number of carboxylic acids is 1. The fourth-order valence-electron chi connectivity index (χ4n) is 3.09. The first-order chi connectivity index (χ1) is 11.0. The van der Waals surface area contributed by atoms with Crippen molar-refractivity contribution in [2.45, 2.75) is 32.2 Å². The van der Waals surface area contributed by atoms with Gasteiger partial charge in [0, 0.05) is 41.2 Å². The van der Waals surface area contributed by atoms with E-state index < -0.39 is 5.97 Å². The van der Waals surface area contributed by atoms with Crippen LogP contribution in [0.5, 0.6) is 0 Å². The van der Waals surface area contributed by atoms with E-state index in [2.05, 4.69) is 5.10 Å². The molecular weight excluding hydrogens is 314 g/mol. The number of carboxylic acid groups (broad SMARTS) is 1. The highest BCUT2D eigenvalue weighted by Gasteiger charge is 2.28. The number of rotatable bonds is 4. The lowest BCUT2D eigenvalue weighted by molar-refractivity contribution is -0.137. The largest absolute Gasteiger partial charge is 0.480 e. The maximum Gasteiger partial charge on any atom is 0.325 e. The normalized spacial score (nSPS) is 18.1. The number of likely N-dealkylation sites (tertiary alicyclic amines) is 1. The van der Waals surface area contributed by atoms with Crippen LogP contribution in [0.25, 0.3) is 0 Å². The van der Waals surface area contributed by atoms with Gasteiger partial charge in [-0.15, -0.1) is 11.3 Å². The van der Waals surface area contributed by atoms with Crippen molar-refractivity contribution in [2.24, 2.45) is 0 Å². The summed E-state index contributed by atoms with van der Waals surface area (Å²) in [4.78, 5) is 26.5. The average molecular weight is 333 g/mol. The van der Waals surface area contributed by atoms with Crippen molar-refractivity contribution in [3.63, 3.8) is 0 Å². The molecule has 0 radical (unpaired) electrons. The molecule has 3 rings (SSSR count). The fourth-order valence-corrected chi connectivity index (χ4v) is 3.77. The molecule has 1 amide bonds. The number of amides is 1. The number of aryl methyl sites for hydroxylation is 1. The van der Waals surface area contributed by atoms with Crippen molar-refractivity contribution < 1.29 is 14.7 Å². The van der Waals surface area contributed by atoms with Crippen molar-refractivity contribution in [1.82, 2.24) is 14.7 Å². The molecule has 0 unspecified atom stereocenters. The standard InChI is InChI=1S/C16H19N3O3S/c1-11-7-13(10-23-11)16(22)18-6-2-3-12(8-18)14-4-5-17-19(14)9-15(20)21/h4-5,7,10,12H,2-3,6,8-9H2,1H3,(H,20,21)/t12-/m1/s1. The SMILES string of the molecule is Cc1cc(C(=O)N2CCC[C@@H](c3ccnn3CC(=O)O)C2)cs1. The maximum atomic E-state index is 12.6. The third kappa shape index (κ3) is 3.44. The summed E-state index contributed by atoms with van der Waals surface area (Å²) >= 11 is 1.58. The summed E-state index contributed by atoms with van der Waals surface area (Å²) in [6.07, 6.45) is 3.48. The van der Waals surface area contributed by atoms with Crippen LogP contribution >= 0.6 is 11.3 Å². The van der Waals surface area contributed by atoms with E-state index in [9.17, 15) is 9.59 Å². The second-order valence-corrected chi connectivity index (χ2v) is 6.96. The predicted octanol–water partition coefficient (Wildman–Crippen LogP) is 2.36. The van der Waals surface area contributed by atoms with E-state index in [0.717, 1.165) is 35.5 Å². The molecule has 0 saturated carbocycles. The first kappa shape index (κ1) is 15.7. The van der Waals surface area contributed by atoms with Crippen molar-refractivity contribution in [1.29, 1.82) is 0 Å². The monoisotopic (exact) mass is 333 g/mol. The Bertz CT molecular complexity index is 722. The molecule has 1 N–H and O–H groups in total. The minimum atomic E-state index is -0.910. The van der Waals surface area contributed by atoms with Crippen LogP contribution in [0, 0.1) is 6.92 Å². The molecule has 1 aliphatic rings. The maximum absolute atomic E-state index is 12.6. The topological polar surface area (TPSA) is 75.4 Å². The molecule has 1 aliphatic heterocycles. The minimum Gasteiger partial charge on any atom is -0.480 e. The average Bonchev–Trinajstić information content (AvgIpc) is 3.15. The number of carbonyl (C=O) groups is 2. The van der Waals surface area contributed by atoms with E-state index in [4.69, 9.17) is 5.11 Å². The number of aliphatic carboxylic acids is 1. The van der Waals surface area contributed by atoms with Gasteiger partial charge in [0.25, 0.3) is 5.91 Å². The molecule has 1 atom stereocenters. The number of hydrogen-bond acceptors (Lipinski definition) is 4. The van der Waals surface area contributed by atoms with Crippen LogP contribution in [0.15, 0.2) is 23.7 Å². The van der Waals surface area contributed by atoms with E-state index in [1.807, 2.05) is 29.3 Å². The van der Waals surface area contributed by atoms with Crippen molar-refractivity contribution in [2.75, 3.05) is 13.1 Å². The molecule has 0 bridgehead atoms. The second kappa shape index (κ2) is 6.54. The van der Waals surface area contributed by atoms with Crippen molar-refractivity contribution in [3.05, 3.63) is 39.8 Å². The van der Waals surface area contributed by atoms with Crippen LogP contribution in [0.3, 0.4) is 0 Å². The van der Waals surface area contributed by atoms with Crippen molar-refractivity contribution in [3.8, 4) is 0 Å². The minimum absolute atomic E-state index is 0.0587. The summed E-state index contributed by atoms with van der Waals surface area (Å²) < 4.78 is 1.52. The summed E-state index contributed by atoms with van der Waals surface area (Å²) in [6.45, 7) is 3.21. The third-order valence-corrected chi connectivity index (χ3v) is 5.00. The molecule has 3 heterocycles. The summed E-state index contributed by atoms with van der Waals surface area (Å²) in [5, 5.41) is 15.0. The lowest BCUT2D eigenvalue weighted by Crippen LogP contribution is -2.39. The smallest absolute Gasteiger partial charge is 0.325 e. The van der Waals surface area contributed by atoms with E-state index in [1.165, 1.54) is 4.68 Å². The number of carbonyl (C=O) groups excluding carboxylic acids is 1. The predicted molar refractivity (Wildman–Crippen MR) is 86.8 cm³/mol. The van der Waals surface area contributed by atoms with Crippen LogP contribution < -0.4 is 0 Å². The van der Waals surface area contributed by atoms with E-state index in [1.54, 1.807) is 17.5 Å². The van der Waals surface area contributed by atoms with Gasteiger partial charge in [-0.1, -0.05) is 0 Å². The van der Waals surface area contributed by atoms with E-state index in [0.29, 0.717) is 6.54 Å². The van der Waals surface area contributed by atoms with Gasteiger partial charge in [0.05, 0.1) is 5.56 Å². The Balaban J connectivity index is 1.75. The number of piperidine rings is 1. The Labute approximate surface area is 138 Å². The molecule has 122 valence electrons. The van der Waals surface area contributed by atoms with Gasteiger partial charge in [0.15, 0.2) is 0 Å². The molecule has 2 aromatic heterocycles. The van der Waals surface area contributed by atoms with E-state index >= 15 is 0 Å². The fraction of sp³-hybridized carbons (Fsp3) is 0.438. The highest BCUT2D eigenvalue weighted by Crippen LogP contribution is 2.28. The van der Waals surface area contributed by atoms with Gasteiger partial charge in [0.2, 0.25) is 0 Å². The Morgan fingerprint density at radius 2 is 2.30 bits per heavy atom. The Morgan fingerprint density at radius 1 is 1.48 bits per heavy atom. The molecule has 0 aliphatic carbocycles. The molecule has 1 fully saturated rings. The molecule has 0 aromatic carbocycles. The lowest BCUT2D eigenvalue weighted by Gasteiger charge is -2.32. The Morgan fingerprint density at radius 3 is 3.00 bits per heavy atom. The van der Waals surface area contributed by atoms with Crippen LogP contribution in [0.1, 0.15) is 39.7 Å². The van der Waals surface area contributed by atoms with Gasteiger partial charge in [-0.05, 0) is 31.9 Å². The van der Waals surface area contributed by atoms with Crippen LogP contribution in [-0.2, 0) is 11.3 Å². The van der Waals surface area contributed by atoms with Crippen LogP contribution in [0.4, 0.5) is 0 Å². The zero-order valence-electron chi connectivity index (χ0n) is 12.9. The first-order valence-corrected chi connectivity index (χ1v) is 8.50. The summed E-state index contributed by atoms with van der Waals surface area (Å²) in [7, 11) is 0. The Hall–Kier alpha value is -2.15. The zero-order valence-corrected chi connectivity index (χ0v) is 13.8. The molecule has 23 heavy (non-hydrogen) atoms. The van der Waals surface area contributed by atoms with E-state index in [-0.39, 0.29) is 18.4 Å². The van der Waals surface area contributed by atoms with Crippen LogP contribution in [0.2, 0.25) is 0 Å². The van der Waals surface area contributed by atoms with Gasteiger partial charge in [0.1, 0.15) is 6.54 Å². The Kier molecular flexibility index (Phi) is 4.47. The summed E-state index contributed by atoms with van der Waals surface area (Å²) in [5.74, 6) is -0.718. The molecule has 0 spiro atoms. The number of hydrogen-bond donors (Lipinski definition) is 1. The van der Waals surface area contributed by atoms with Gasteiger partial charge >= 0.3 is 5.97 Å². The van der Waals surface area contributed by atoms with Crippen molar-refractivity contribution >= 4 is 23.2 Å². The lowest BCUT2D eigenvalue weighted by atomic mass is 9.94. The highest BCUT2D eigenvalue weighted by atomic mass is 32.1. The molecule has 6 nitrogen and oxygen atoms in total. The van der Waals surface area contributed by atoms with Gasteiger partial charge in [-0.25, -0.2) is 0 Å². The number of nitrogens with zero attached hydrogens (tertiary/aromatic N) is 3. The molecule has 7 heteroatoms. The second-order valence-electron chi connectivity index (χ2n) is 5.84. The van der Waals surface area contributed by atoms with Crippen LogP contribution in [-0.4, -0.2) is 44.8 Å². The first-order valence-electron chi connectivity index (χ1n) is 7.62. The quantitative estimate of drug-likeness (QED) is 0.932.